The maximum absolute atomic E-state index is 4.38. The fraction of sp³-hybridized carbons (Fsp3) is 0.600. The van der Waals surface area contributed by atoms with Crippen LogP contribution >= 0.6 is 11.3 Å². The molecule has 2 aromatic rings. The lowest BCUT2D eigenvalue weighted by atomic mass is 10.1. The molecular weight excluding hydrogens is 282 g/mol. The second-order valence-corrected chi connectivity index (χ2v) is 6.77. The molecule has 1 atom stereocenters. The number of rotatable bonds is 6. The van der Waals surface area contributed by atoms with Crippen molar-refractivity contribution in [2.45, 2.75) is 26.4 Å². The topological polar surface area (TPSA) is 46.0 Å². The van der Waals surface area contributed by atoms with Crippen molar-refractivity contribution >= 4 is 11.3 Å². The van der Waals surface area contributed by atoms with Gasteiger partial charge in [-0.2, -0.15) is 5.10 Å². The first kappa shape index (κ1) is 14.7. The molecule has 1 saturated heterocycles. The van der Waals surface area contributed by atoms with E-state index in [9.17, 15) is 0 Å². The molecule has 1 aliphatic heterocycles. The Kier molecular flexibility index (Phi) is 4.67. The highest BCUT2D eigenvalue weighted by Crippen LogP contribution is 2.19. The van der Waals surface area contributed by atoms with Crippen LogP contribution in [0.25, 0.3) is 0 Å². The Hall–Kier alpha value is -1.24. The van der Waals surface area contributed by atoms with Crippen molar-refractivity contribution in [2.75, 3.05) is 19.6 Å². The summed E-state index contributed by atoms with van der Waals surface area (Å²) >= 11 is 1.76. The molecule has 1 fully saturated rings. The van der Waals surface area contributed by atoms with Crippen LogP contribution in [-0.4, -0.2) is 39.3 Å². The molecule has 3 heterocycles. The average molecular weight is 305 g/mol. The lowest BCUT2D eigenvalue weighted by molar-refractivity contribution is 0.217. The predicted molar refractivity (Wildman–Crippen MR) is 85.1 cm³/mol. The SMILES string of the molecule is Cc1ncsc1CN(Cc1ccnn1C)CC1CCNC1. The van der Waals surface area contributed by atoms with E-state index in [0.29, 0.717) is 0 Å². The van der Waals surface area contributed by atoms with E-state index in [-0.39, 0.29) is 0 Å². The maximum Gasteiger partial charge on any atom is 0.0798 e. The minimum Gasteiger partial charge on any atom is -0.316 e. The van der Waals surface area contributed by atoms with Gasteiger partial charge in [-0.1, -0.05) is 0 Å². The van der Waals surface area contributed by atoms with Crippen molar-refractivity contribution in [1.82, 2.24) is 25.0 Å². The molecule has 0 amide bonds. The average Bonchev–Trinajstić information content (AvgIpc) is 3.17. The van der Waals surface area contributed by atoms with Crippen LogP contribution in [0.2, 0.25) is 0 Å². The van der Waals surface area contributed by atoms with Gasteiger partial charge in [-0.25, -0.2) is 4.98 Å². The molecule has 0 saturated carbocycles. The van der Waals surface area contributed by atoms with Crippen molar-refractivity contribution in [3.63, 3.8) is 0 Å². The van der Waals surface area contributed by atoms with E-state index in [1.165, 1.54) is 22.7 Å². The Bertz CT molecular complexity index is 528. The van der Waals surface area contributed by atoms with E-state index in [1.54, 1.807) is 11.3 Å². The lowest BCUT2D eigenvalue weighted by Crippen LogP contribution is -2.30. The number of hydrogen-bond acceptors (Lipinski definition) is 5. The van der Waals surface area contributed by atoms with Crippen LogP contribution in [-0.2, 0) is 20.1 Å². The van der Waals surface area contributed by atoms with E-state index < -0.39 is 0 Å². The zero-order valence-electron chi connectivity index (χ0n) is 12.7. The van der Waals surface area contributed by atoms with Crippen molar-refractivity contribution < 1.29 is 0 Å². The van der Waals surface area contributed by atoms with Gasteiger partial charge in [0.2, 0.25) is 0 Å². The normalized spacial score (nSPS) is 18.7. The highest BCUT2D eigenvalue weighted by atomic mass is 32.1. The van der Waals surface area contributed by atoms with Crippen LogP contribution in [0.5, 0.6) is 0 Å². The Morgan fingerprint density at radius 1 is 1.48 bits per heavy atom. The molecule has 5 nitrogen and oxygen atoms in total. The summed E-state index contributed by atoms with van der Waals surface area (Å²) in [5.74, 6) is 0.756. The van der Waals surface area contributed by atoms with Gasteiger partial charge in [-0.05, 0) is 38.4 Å². The largest absolute Gasteiger partial charge is 0.316 e. The molecule has 114 valence electrons. The minimum atomic E-state index is 0.756. The van der Waals surface area contributed by atoms with E-state index in [4.69, 9.17) is 0 Å². The van der Waals surface area contributed by atoms with Crippen molar-refractivity contribution in [2.24, 2.45) is 13.0 Å². The molecule has 0 radical (unpaired) electrons. The van der Waals surface area contributed by atoms with Gasteiger partial charge in [0, 0.05) is 37.8 Å². The molecule has 6 heteroatoms. The molecule has 1 unspecified atom stereocenters. The summed E-state index contributed by atoms with van der Waals surface area (Å²) in [5.41, 5.74) is 4.38. The minimum absolute atomic E-state index is 0.756. The van der Waals surface area contributed by atoms with Gasteiger partial charge in [-0.3, -0.25) is 9.58 Å². The maximum atomic E-state index is 4.38. The third-order valence-electron chi connectivity index (χ3n) is 4.20. The van der Waals surface area contributed by atoms with Gasteiger partial charge < -0.3 is 5.32 Å². The molecule has 0 bridgehead atoms. The van der Waals surface area contributed by atoms with Crippen LogP contribution in [0.3, 0.4) is 0 Å². The van der Waals surface area contributed by atoms with Crippen LogP contribution < -0.4 is 5.32 Å². The van der Waals surface area contributed by atoms with E-state index in [2.05, 4.69) is 33.3 Å². The van der Waals surface area contributed by atoms with E-state index in [1.807, 2.05) is 23.4 Å². The van der Waals surface area contributed by atoms with Crippen LogP contribution in [0, 0.1) is 12.8 Å². The molecule has 2 aromatic heterocycles. The van der Waals surface area contributed by atoms with Crippen molar-refractivity contribution in [3.8, 4) is 0 Å². The number of thiazole rings is 1. The summed E-state index contributed by atoms with van der Waals surface area (Å²) in [6.45, 7) is 7.47. The summed E-state index contributed by atoms with van der Waals surface area (Å²) in [6.07, 6.45) is 3.16. The van der Waals surface area contributed by atoms with Gasteiger partial charge in [-0.15, -0.1) is 11.3 Å². The first-order valence-corrected chi connectivity index (χ1v) is 8.39. The van der Waals surface area contributed by atoms with Gasteiger partial charge in [0.1, 0.15) is 0 Å². The van der Waals surface area contributed by atoms with Crippen molar-refractivity contribution in [3.05, 3.63) is 34.0 Å². The summed E-state index contributed by atoms with van der Waals surface area (Å²) in [7, 11) is 2.02. The molecule has 0 aliphatic carbocycles. The first-order valence-electron chi connectivity index (χ1n) is 7.51. The number of nitrogens with one attached hydrogen (secondary N) is 1. The number of hydrogen-bond donors (Lipinski definition) is 1. The monoisotopic (exact) mass is 305 g/mol. The Morgan fingerprint density at radius 3 is 3.00 bits per heavy atom. The van der Waals surface area contributed by atoms with Gasteiger partial charge in [0.05, 0.1) is 16.9 Å². The first-order chi connectivity index (χ1) is 10.2. The van der Waals surface area contributed by atoms with Crippen LogP contribution in [0.4, 0.5) is 0 Å². The summed E-state index contributed by atoms with van der Waals surface area (Å²) in [5, 5.41) is 7.75. The van der Waals surface area contributed by atoms with E-state index >= 15 is 0 Å². The highest BCUT2D eigenvalue weighted by molar-refractivity contribution is 7.09. The molecule has 21 heavy (non-hydrogen) atoms. The predicted octanol–water partition coefficient (Wildman–Crippen LogP) is 1.80. The van der Waals surface area contributed by atoms with Crippen LogP contribution in [0.15, 0.2) is 17.8 Å². The molecule has 0 aromatic carbocycles. The second-order valence-electron chi connectivity index (χ2n) is 5.84. The highest BCUT2D eigenvalue weighted by Gasteiger charge is 2.20. The third-order valence-corrected chi connectivity index (χ3v) is 5.12. The number of aryl methyl sites for hydroxylation is 2. The van der Waals surface area contributed by atoms with Gasteiger partial charge >= 0.3 is 0 Å². The van der Waals surface area contributed by atoms with Gasteiger partial charge in [0.15, 0.2) is 0 Å². The Morgan fingerprint density at radius 2 is 2.38 bits per heavy atom. The van der Waals surface area contributed by atoms with Crippen molar-refractivity contribution in [1.29, 1.82) is 0 Å². The molecule has 1 N–H and O–H groups in total. The standard InChI is InChI=1S/C15H23N5S/c1-12-15(21-11-17-12)10-20(8-13-3-5-16-7-13)9-14-4-6-18-19(14)2/h4,6,11,13,16H,3,5,7-10H2,1-2H3. The Labute approximate surface area is 130 Å². The molecule has 3 rings (SSSR count). The zero-order valence-corrected chi connectivity index (χ0v) is 13.6. The van der Waals surface area contributed by atoms with Gasteiger partial charge in [0.25, 0.3) is 0 Å². The molecular formula is C15H23N5S. The Balaban J connectivity index is 1.70. The summed E-state index contributed by atoms with van der Waals surface area (Å²) in [4.78, 5) is 8.29. The number of nitrogens with zero attached hydrogens (tertiary/aromatic N) is 4. The lowest BCUT2D eigenvalue weighted by Gasteiger charge is -2.25. The fourth-order valence-corrected chi connectivity index (χ4v) is 3.71. The molecule has 1 aliphatic rings. The smallest absolute Gasteiger partial charge is 0.0798 e. The van der Waals surface area contributed by atoms with E-state index in [0.717, 1.165) is 38.6 Å². The summed E-state index contributed by atoms with van der Waals surface area (Å²) in [6, 6.07) is 2.11. The summed E-state index contributed by atoms with van der Waals surface area (Å²) < 4.78 is 1.97. The quantitative estimate of drug-likeness (QED) is 0.884. The van der Waals surface area contributed by atoms with Crippen LogP contribution in [0.1, 0.15) is 22.7 Å². The zero-order chi connectivity index (χ0) is 14.7. The molecule has 0 spiro atoms. The fourth-order valence-electron chi connectivity index (χ4n) is 2.89. The second kappa shape index (κ2) is 6.68. The number of aromatic nitrogens is 3. The third kappa shape index (κ3) is 3.70.